The lowest BCUT2D eigenvalue weighted by Gasteiger charge is -2.04. The molecule has 0 aliphatic carbocycles. The number of fused-ring (bicyclic) bond motifs is 1. The molecule has 80 valence electrons. The van der Waals surface area contributed by atoms with Crippen LogP contribution in [-0.2, 0) is 6.54 Å². The standard InChI is InChI=1S/C10H9N5O/c1-2-8(16-5-1)6-12-10-11-4-3-9-14-13-7-15(9)10/h1-5,7H,6H2,(H,11,12). The molecule has 0 unspecified atom stereocenters. The van der Waals surface area contributed by atoms with E-state index in [9.17, 15) is 0 Å². The van der Waals surface area contributed by atoms with Gasteiger partial charge in [0.05, 0.1) is 12.8 Å². The minimum Gasteiger partial charge on any atom is -0.467 e. The Morgan fingerprint density at radius 1 is 1.38 bits per heavy atom. The molecular weight excluding hydrogens is 206 g/mol. The molecule has 0 bridgehead atoms. The molecule has 6 heteroatoms. The molecule has 0 radical (unpaired) electrons. The van der Waals surface area contributed by atoms with Crippen LogP contribution in [0.3, 0.4) is 0 Å². The highest BCUT2D eigenvalue weighted by Crippen LogP contribution is 2.08. The summed E-state index contributed by atoms with van der Waals surface area (Å²) in [5.41, 5.74) is 0.761. The van der Waals surface area contributed by atoms with Crippen molar-refractivity contribution in [3.8, 4) is 0 Å². The molecule has 1 N–H and O–H groups in total. The molecule has 0 amide bonds. The van der Waals surface area contributed by atoms with Gasteiger partial charge < -0.3 is 9.73 Å². The molecule has 0 spiro atoms. The first-order chi connectivity index (χ1) is 7.93. The fourth-order valence-electron chi connectivity index (χ4n) is 1.47. The Labute approximate surface area is 90.9 Å². The van der Waals surface area contributed by atoms with Gasteiger partial charge in [0.2, 0.25) is 5.95 Å². The maximum Gasteiger partial charge on any atom is 0.210 e. The SMILES string of the molecule is c1coc(CNc2nccc3nncn23)c1. The Morgan fingerprint density at radius 2 is 2.38 bits per heavy atom. The van der Waals surface area contributed by atoms with Gasteiger partial charge in [-0.25, -0.2) is 4.98 Å². The van der Waals surface area contributed by atoms with Crippen LogP contribution < -0.4 is 5.32 Å². The lowest BCUT2D eigenvalue weighted by molar-refractivity contribution is 0.517. The predicted molar refractivity (Wildman–Crippen MR) is 56.8 cm³/mol. The smallest absolute Gasteiger partial charge is 0.210 e. The lowest BCUT2D eigenvalue weighted by Crippen LogP contribution is -2.05. The van der Waals surface area contributed by atoms with E-state index in [0.29, 0.717) is 12.5 Å². The number of aromatic nitrogens is 4. The third-order valence-corrected chi connectivity index (χ3v) is 2.22. The van der Waals surface area contributed by atoms with Crippen LogP contribution in [0.4, 0.5) is 5.95 Å². The summed E-state index contributed by atoms with van der Waals surface area (Å²) in [5, 5.41) is 10.9. The van der Waals surface area contributed by atoms with E-state index in [1.165, 1.54) is 0 Å². The lowest BCUT2D eigenvalue weighted by atomic mass is 10.4. The minimum atomic E-state index is 0.581. The van der Waals surface area contributed by atoms with Gasteiger partial charge in [0.15, 0.2) is 5.65 Å². The first-order valence-electron chi connectivity index (χ1n) is 4.84. The number of hydrogen-bond acceptors (Lipinski definition) is 5. The average Bonchev–Trinajstić information content (AvgIpc) is 2.97. The van der Waals surface area contributed by atoms with Gasteiger partial charge in [-0.1, -0.05) is 0 Å². The molecule has 3 heterocycles. The molecule has 16 heavy (non-hydrogen) atoms. The normalized spacial score (nSPS) is 10.8. The Kier molecular flexibility index (Phi) is 2.03. The van der Waals surface area contributed by atoms with Crippen molar-refractivity contribution in [2.75, 3.05) is 5.32 Å². The van der Waals surface area contributed by atoms with Crippen molar-refractivity contribution in [1.29, 1.82) is 0 Å². The zero-order valence-electron chi connectivity index (χ0n) is 8.37. The van der Waals surface area contributed by atoms with Gasteiger partial charge in [-0.15, -0.1) is 10.2 Å². The summed E-state index contributed by atoms with van der Waals surface area (Å²) in [6.07, 6.45) is 4.95. The molecule has 0 saturated carbocycles. The number of hydrogen-bond donors (Lipinski definition) is 1. The van der Waals surface area contributed by atoms with E-state index in [2.05, 4.69) is 20.5 Å². The maximum absolute atomic E-state index is 5.22. The fourth-order valence-corrected chi connectivity index (χ4v) is 1.47. The zero-order chi connectivity index (χ0) is 10.8. The van der Waals surface area contributed by atoms with Gasteiger partial charge in [-0.3, -0.25) is 4.40 Å². The third kappa shape index (κ3) is 1.50. The Morgan fingerprint density at radius 3 is 3.25 bits per heavy atom. The zero-order valence-corrected chi connectivity index (χ0v) is 8.37. The number of nitrogens with zero attached hydrogens (tertiary/aromatic N) is 4. The highest BCUT2D eigenvalue weighted by Gasteiger charge is 2.02. The Bertz CT molecular complexity index is 586. The van der Waals surface area contributed by atoms with Crippen molar-refractivity contribution in [3.63, 3.8) is 0 Å². The molecule has 0 fully saturated rings. The van der Waals surface area contributed by atoms with E-state index >= 15 is 0 Å². The third-order valence-electron chi connectivity index (χ3n) is 2.22. The van der Waals surface area contributed by atoms with E-state index < -0.39 is 0 Å². The van der Waals surface area contributed by atoms with Crippen molar-refractivity contribution in [2.24, 2.45) is 0 Å². The molecule has 0 saturated heterocycles. The minimum absolute atomic E-state index is 0.581. The van der Waals surface area contributed by atoms with Gasteiger partial charge in [-0.05, 0) is 12.1 Å². The summed E-state index contributed by atoms with van der Waals surface area (Å²) in [7, 11) is 0. The maximum atomic E-state index is 5.22. The summed E-state index contributed by atoms with van der Waals surface area (Å²) in [5.74, 6) is 1.55. The van der Waals surface area contributed by atoms with E-state index in [4.69, 9.17) is 4.42 Å². The Hall–Kier alpha value is -2.37. The van der Waals surface area contributed by atoms with Crippen LogP contribution in [0, 0.1) is 0 Å². The largest absolute Gasteiger partial charge is 0.467 e. The van der Waals surface area contributed by atoms with Crippen molar-refractivity contribution in [3.05, 3.63) is 42.7 Å². The topological polar surface area (TPSA) is 68.2 Å². The summed E-state index contributed by atoms with van der Waals surface area (Å²) in [6, 6.07) is 5.55. The van der Waals surface area contributed by atoms with Gasteiger partial charge in [-0.2, -0.15) is 0 Å². The molecule has 0 aliphatic rings. The predicted octanol–water partition coefficient (Wildman–Crippen LogP) is 1.33. The van der Waals surface area contributed by atoms with Crippen molar-refractivity contribution in [2.45, 2.75) is 6.54 Å². The van der Waals surface area contributed by atoms with Crippen molar-refractivity contribution in [1.82, 2.24) is 19.6 Å². The Balaban J connectivity index is 1.86. The average molecular weight is 215 g/mol. The number of nitrogens with one attached hydrogen (secondary N) is 1. The molecular formula is C10H9N5O. The van der Waals surface area contributed by atoms with Crippen LogP contribution in [0.25, 0.3) is 5.65 Å². The molecule has 3 rings (SSSR count). The summed E-state index contributed by atoms with van der Waals surface area (Å²) < 4.78 is 7.00. The summed E-state index contributed by atoms with van der Waals surface area (Å²) in [6.45, 7) is 0.581. The fraction of sp³-hybridized carbons (Fsp3) is 0.100. The van der Waals surface area contributed by atoms with Crippen LogP contribution >= 0.6 is 0 Å². The highest BCUT2D eigenvalue weighted by atomic mass is 16.3. The second-order valence-corrected chi connectivity index (χ2v) is 3.26. The monoisotopic (exact) mass is 215 g/mol. The molecule has 0 aromatic carbocycles. The van der Waals surface area contributed by atoms with Gasteiger partial charge in [0, 0.05) is 12.3 Å². The molecule has 3 aromatic heterocycles. The second kappa shape index (κ2) is 3.65. The molecule has 0 aliphatic heterocycles. The second-order valence-electron chi connectivity index (χ2n) is 3.26. The number of rotatable bonds is 3. The van der Waals surface area contributed by atoms with Crippen LogP contribution in [0.2, 0.25) is 0 Å². The van der Waals surface area contributed by atoms with E-state index in [1.54, 1.807) is 29.3 Å². The number of anilines is 1. The summed E-state index contributed by atoms with van der Waals surface area (Å²) >= 11 is 0. The van der Waals surface area contributed by atoms with Crippen molar-refractivity contribution >= 4 is 11.6 Å². The van der Waals surface area contributed by atoms with E-state index in [1.807, 2.05) is 12.1 Å². The van der Waals surface area contributed by atoms with Gasteiger partial charge >= 0.3 is 0 Å². The quantitative estimate of drug-likeness (QED) is 0.713. The van der Waals surface area contributed by atoms with E-state index in [0.717, 1.165) is 11.4 Å². The van der Waals surface area contributed by atoms with E-state index in [-0.39, 0.29) is 0 Å². The number of furan rings is 1. The van der Waals surface area contributed by atoms with Crippen LogP contribution in [0.1, 0.15) is 5.76 Å². The van der Waals surface area contributed by atoms with Crippen LogP contribution in [0.15, 0.2) is 41.4 Å². The first kappa shape index (κ1) is 8.90. The summed E-state index contributed by atoms with van der Waals surface area (Å²) in [4.78, 5) is 4.21. The van der Waals surface area contributed by atoms with Gasteiger partial charge in [0.1, 0.15) is 12.1 Å². The van der Waals surface area contributed by atoms with Gasteiger partial charge in [0.25, 0.3) is 0 Å². The molecule has 6 nitrogen and oxygen atoms in total. The molecule has 0 atom stereocenters. The van der Waals surface area contributed by atoms with Crippen molar-refractivity contribution < 1.29 is 4.42 Å². The molecule has 3 aromatic rings. The highest BCUT2D eigenvalue weighted by molar-refractivity contribution is 5.43. The van der Waals surface area contributed by atoms with Crippen LogP contribution in [-0.4, -0.2) is 19.6 Å². The first-order valence-corrected chi connectivity index (χ1v) is 4.84. The van der Waals surface area contributed by atoms with Crippen LogP contribution in [0.5, 0.6) is 0 Å².